The summed E-state index contributed by atoms with van der Waals surface area (Å²) < 4.78 is 6.75. The summed E-state index contributed by atoms with van der Waals surface area (Å²) in [5, 5.41) is 0.610. The largest absolute Gasteiger partial charge is 0.486 e. The third-order valence-electron chi connectivity index (χ3n) is 13.7. The summed E-state index contributed by atoms with van der Waals surface area (Å²) in [5.41, 5.74) is 10.1. The molecule has 0 fully saturated rings. The molecule has 9 aliphatic rings. The van der Waals surface area contributed by atoms with E-state index in [9.17, 15) is 0 Å². The number of thioether (sulfide) groups is 1. The van der Waals surface area contributed by atoms with Crippen molar-refractivity contribution in [2.24, 2.45) is 17.8 Å². The van der Waals surface area contributed by atoms with Crippen LogP contribution in [0.15, 0.2) is 149 Å². The molecule has 268 valence electrons. The number of nitrogens with zero attached hydrogens (tertiary/aromatic N) is 2. The standard InChI is InChI=1S/C49H50N2OS/c1-31-19-26-45-41(27-31)49-44(16-10-17-46(49)52-45)50(36-21-23-38-37-15-8-9-18-47(37)53-48(38)30-36)35-22-25-43-40(29-35)39-28-33(32-11-4-2-5-12-32)20-24-42(39)51(43)34-13-6-3-7-14-34/h2,4-6,9-13,17-26,28-29,31,34,36-37,39,41-42,44-45,47H,3,7-8,14-16,27,30H2,1H3. The molecular weight excluding hydrogens is 665 g/mol. The molecule has 10 unspecified atom stereocenters. The van der Waals surface area contributed by atoms with Crippen molar-refractivity contribution in [2.45, 2.75) is 99.7 Å². The molecule has 3 nitrogen and oxygen atoms in total. The van der Waals surface area contributed by atoms with Crippen LogP contribution in [0.4, 0.5) is 11.4 Å². The Hall–Kier alpha value is -4.15. The zero-order chi connectivity index (χ0) is 35.0. The molecule has 0 aromatic heterocycles. The van der Waals surface area contributed by atoms with Crippen LogP contribution in [-0.4, -0.2) is 35.5 Å². The van der Waals surface area contributed by atoms with Crippen LogP contribution in [-0.2, 0) is 4.74 Å². The van der Waals surface area contributed by atoms with Crippen molar-refractivity contribution >= 4 is 28.7 Å². The second-order valence-corrected chi connectivity index (χ2v) is 18.1. The second-order valence-electron chi connectivity index (χ2n) is 16.8. The Morgan fingerprint density at radius 2 is 1.77 bits per heavy atom. The summed E-state index contributed by atoms with van der Waals surface area (Å²) in [5.74, 6) is 3.13. The Balaban J connectivity index is 1.02. The first kappa shape index (κ1) is 32.3. The van der Waals surface area contributed by atoms with E-state index in [1.54, 1.807) is 10.5 Å². The number of rotatable bonds is 5. The number of ether oxygens (including phenoxy) is 1. The fourth-order valence-corrected chi connectivity index (χ4v) is 12.9. The van der Waals surface area contributed by atoms with E-state index >= 15 is 0 Å². The maximum Gasteiger partial charge on any atom is 0.124 e. The molecule has 0 spiro atoms. The molecule has 0 radical (unpaired) electrons. The summed E-state index contributed by atoms with van der Waals surface area (Å²) in [6, 6.07) is 19.9. The summed E-state index contributed by atoms with van der Waals surface area (Å²) >= 11 is 2.16. The van der Waals surface area contributed by atoms with Crippen molar-refractivity contribution in [1.82, 2.24) is 0 Å². The molecule has 0 saturated heterocycles. The SMILES string of the molecule is CC1C=CC2OC3=C(C2C1)C(N(c1ccc2c(c1)C1C=C(c4ccccc4)C=CC1N2C1C=CCCC1)C1C=CC2=C(C1)SC1C=CCCC21)CC=C3. The van der Waals surface area contributed by atoms with Gasteiger partial charge >= 0.3 is 0 Å². The lowest BCUT2D eigenvalue weighted by atomic mass is 9.76. The minimum atomic E-state index is 0.160. The smallest absolute Gasteiger partial charge is 0.124 e. The topological polar surface area (TPSA) is 15.7 Å². The molecule has 3 aliphatic heterocycles. The third kappa shape index (κ3) is 5.37. The molecule has 0 saturated carbocycles. The van der Waals surface area contributed by atoms with Crippen LogP contribution < -0.4 is 9.80 Å². The minimum absolute atomic E-state index is 0.160. The highest BCUT2D eigenvalue weighted by molar-refractivity contribution is 8.04. The summed E-state index contributed by atoms with van der Waals surface area (Å²) in [6.07, 6.45) is 41.4. The van der Waals surface area contributed by atoms with Crippen LogP contribution in [0, 0.1) is 17.8 Å². The van der Waals surface area contributed by atoms with Crippen molar-refractivity contribution in [3.63, 3.8) is 0 Å². The number of hydrogen-bond acceptors (Lipinski definition) is 4. The number of hydrogen-bond donors (Lipinski definition) is 0. The zero-order valence-electron chi connectivity index (χ0n) is 30.8. The first-order valence-corrected chi connectivity index (χ1v) is 21.4. The van der Waals surface area contributed by atoms with Gasteiger partial charge in [0, 0.05) is 52.4 Å². The highest BCUT2D eigenvalue weighted by atomic mass is 32.2. The van der Waals surface area contributed by atoms with Gasteiger partial charge in [-0.05, 0) is 108 Å². The molecule has 10 atom stereocenters. The Labute approximate surface area is 319 Å². The Kier molecular flexibility index (Phi) is 7.93. The Bertz CT molecular complexity index is 2090. The van der Waals surface area contributed by atoms with E-state index in [0.29, 0.717) is 47.0 Å². The molecule has 0 bridgehead atoms. The number of anilines is 2. The van der Waals surface area contributed by atoms with E-state index < -0.39 is 0 Å². The van der Waals surface area contributed by atoms with Gasteiger partial charge in [0.1, 0.15) is 11.9 Å². The molecule has 11 rings (SSSR count). The number of allylic oxidation sites excluding steroid dienone is 8. The van der Waals surface area contributed by atoms with E-state index in [0.717, 1.165) is 25.0 Å². The molecule has 53 heavy (non-hydrogen) atoms. The van der Waals surface area contributed by atoms with Crippen molar-refractivity contribution in [3.05, 3.63) is 160 Å². The predicted octanol–water partition coefficient (Wildman–Crippen LogP) is 11.4. The normalized spacial score (nSPS) is 35.7. The highest BCUT2D eigenvalue weighted by Crippen LogP contribution is 2.54. The fraction of sp³-hybridized carbons (Fsp3) is 0.388. The second kappa shape index (κ2) is 13.0. The van der Waals surface area contributed by atoms with E-state index in [1.165, 1.54) is 65.8 Å². The molecule has 6 aliphatic carbocycles. The lowest BCUT2D eigenvalue weighted by Gasteiger charge is -2.43. The molecule has 0 N–H and O–H groups in total. The Morgan fingerprint density at radius 1 is 0.849 bits per heavy atom. The van der Waals surface area contributed by atoms with Gasteiger partial charge in [0.25, 0.3) is 0 Å². The molecule has 4 heteroatoms. The monoisotopic (exact) mass is 714 g/mol. The van der Waals surface area contributed by atoms with Crippen LogP contribution in [0.5, 0.6) is 0 Å². The van der Waals surface area contributed by atoms with Crippen molar-refractivity contribution < 1.29 is 4.74 Å². The van der Waals surface area contributed by atoms with E-state index in [2.05, 4.69) is 156 Å². The van der Waals surface area contributed by atoms with Crippen LogP contribution in [0.25, 0.3) is 5.57 Å². The molecule has 2 aromatic carbocycles. The van der Waals surface area contributed by atoms with Gasteiger partial charge in [0.05, 0.1) is 18.1 Å². The average molecular weight is 715 g/mol. The average Bonchev–Trinajstić information content (AvgIpc) is 3.87. The molecule has 2 aromatic rings. The van der Waals surface area contributed by atoms with Crippen LogP contribution in [0.2, 0.25) is 0 Å². The lowest BCUT2D eigenvalue weighted by Crippen LogP contribution is -2.46. The first-order chi connectivity index (χ1) is 26.2. The number of benzene rings is 2. The van der Waals surface area contributed by atoms with Gasteiger partial charge in [0.2, 0.25) is 0 Å². The summed E-state index contributed by atoms with van der Waals surface area (Å²) in [4.78, 5) is 7.24. The first-order valence-electron chi connectivity index (χ1n) is 20.5. The van der Waals surface area contributed by atoms with Gasteiger partial charge in [-0.1, -0.05) is 104 Å². The zero-order valence-corrected chi connectivity index (χ0v) is 31.6. The Morgan fingerprint density at radius 3 is 2.68 bits per heavy atom. The minimum Gasteiger partial charge on any atom is -0.486 e. The van der Waals surface area contributed by atoms with Crippen LogP contribution >= 0.6 is 11.8 Å². The highest BCUT2D eigenvalue weighted by Gasteiger charge is 2.47. The van der Waals surface area contributed by atoms with E-state index in [-0.39, 0.29) is 12.1 Å². The van der Waals surface area contributed by atoms with Gasteiger partial charge in [-0.25, -0.2) is 0 Å². The predicted molar refractivity (Wildman–Crippen MR) is 222 cm³/mol. The van der Waals surface area contributed by atoms with E-state index in [4.69, 9.17) is 4.74 Å². The summed E-state index contributed by atoms with van der Waals surface area (Å²) in [7, 11) is 0. The van der Waals surface area contributed by atoms with E-state index in [1.807, 2.05) is 0 Å². The third-order valence-corrected chi connectivity index (χ3v) is 15.1. The molecule has 0 amide bonds. The van der Waals surface area contributed by atoms with Crippen molar-refractivity contribution in [2.75, 3.05) is 9.80 Å². The van der Waals surface area contributed by atoms with Gasteiger partial charge in [0.15, 0.2) is 0 Å². The van der Waals surface area contributed by atoms with Crippen LogP contribution in [0.1, 0.15) is 75.3 Å². The van der Waals surface area contributed by atoms with Gasteiger partial charge in [-0.3, -0.25) is 0 Å². The molecule has 3 heterocycles. The molecular formula is C49H50N2OS. The van der Waals surface area contributed by atoms with Crippen LogP contribution in [0.3, 0.4) is 0 Å². The number of fused-ring (bicyclic) bond motifs is 7. The lowest BCUT2D eigenvalue weighted by molar-refractivity contribution is 0.146. The van der Waals surface area contributed by atoms with Gasteiger partial charge in [-0.15, -0.1) is 11.8 Å². The van der Waals surface area contributed by atoms with Crippen molar-refractivity contribution in [3.8, 4) is 0 Å². The summed E-state index contributed by atoms with van der Waals surface area (Å²) in [6.45, 7) is 2.37. The van der Waals surface area contributed by atoms with Crippen molar-refractivity contribution in [1.29, 1.82) is 0 Å². The van der Waals surface area contributed by atoms with Gasteiger partial charge in [-0.2, -0.15) is 0 Å². The maximum absolute atomic E-state index is 6.75. The fourth-order valence-electron chi connectivity index (χ4n) is 11.3. The van der Waals surface area contributed by atoms with Gasteiger partial charge < -0.3 is 14.5 Å². The quantitative estimate of drug-likeness (QED) is 0.286. The maximum atomic E-state index is 6.75.